The van der Waals surface area contributed by atoms with E-state index in [4.69, 9.17) is 0 Å². The maximum atomic E-state index is 10.4. The molecule has 2 rings (SSSR count). The zero-order valence-electron chi connectivity index (χ0n) is 5.94. The van der Waals surface area contributed by atoms with Crippen LogP contribution in [0.1, 0.15) is 10.5 Å². The number of hydrogen-bond donors (Lipinski definition) is 0. The van der Waals surface area contributed by atoms with Crippen molar-refractivity contribution in [3.05, 3.63) is 28.9 Å². The molecular weight excluding hydrogens is 222 g/mol. The van der Waals surface area contributed by atoms with Crippen molar-refractivity contribution in [2.24, 2.45) is 0 Å². The Morgan fingerprint density at radius 2 is 2.42 bits per heavy atom. The molecule has 0 aliphatic carbocycles. The maximum Gasteiger partial charge on any atom is 0.182 e. The summed E-state index contributed by atoms with van der Waals surface area (Å²) >= 11 is 3.24. The van der Waals surface area contributed by atoms with E-state index < -0.39 is 0 Å². The summed E-state index contributed by atoms with van der Waals surface area (Å²) in [6.45, 7) is 0. The van der Waals surface area contributed by atoms with Gasteiger partial charge >= 0.3 is 0 Å². The second-order valence-corrected chi connectivity index (χ2v) is 2.93. The van der Waals surface area contributed by atoms with Gasteiger partial charge in [0.25, 0.3) is 0 Å². The number of aromatic nitrogens is 3. The second-order valence-electron chi connectivity index (χ2n) is 2.23. The second kappa shape index (κ2) is 2.67. The van der Waals surface area contributed by atoms with Gasteiger partial charge in [-0.05, 0) is 22.0 Å². The lowest BCUT2D eigenvalue weighted by atomic mass is 10.5. The van der Waals surface area contributed by atoms with Gasteiger partial charge in [-0.2, -0.15) is 0 Å². The first-order valence-corrected chi connectivity index (χ1v) is 4.05. The largest absolute Gasteiger partial charge is 0.296 e. The van der Waals surface area contributed by atoms with Gasteiger partial charge in [-0.3, -0.25) is 9.20 Å². The van der Waals surface area contributed by atoms with Crippen LogP contribution in [0.25, 0.3) is 5.65 Å². The molecule has 2 aromatic heterocycles. The standard InChI is InChI=1S/C7H4BrN3O/c8-7-9-2-1-6-10-5(4-12)3-11(6)7/h1-4H. The lowest BCUT2D eigenvalue weighted by Crippen LogP contribution is -1.87. The van der Waals surface area contributed by atoms with Gasteiger partial charge in [-0.15, -0.1) is 0 Å². The smallest absolute Gasteiger partial charge is 0.182 e. The number of carbonyl (C=O) groups excluding carboxylic acids is 1. The molecule has 0 aromatic carbocycles. The Balaban J connectivity index is 2.82. The van der Waals surface area contributed by atoms with Gasteiger partial charge in [0.2, 0.25) is 0 Å². The summed E-state index contributed by atoms with van der Waals surface area (Å²) in [5.74, 6) is 0. The van der Waals surface area contributed by atoms with E-state index in [9.17, 15) is 4.79 Å². The van der Waals surface area contributed by atoms with Crippen LogP contribution in [-0.4, -0.2) is 20.7 Å². The first kappa shape index (κ1) is 7.42. The topological polar surface area (TPSA) is 47.3 Å². The fourth-order valence-corrected chi connectivity index (χ4v) is 1.37. The minimum Gasteiger partial charge on any atom is -0.296 e. The molecule has 0 fully saturated rings. The highest BCUT2D eigenvalue weighted by Gasteiger charge is 2.01. The molecule has 0 aliphatic heterocycles. The average molecular weight is 226 g/mol. The predicted octanol–water partition coefficient (Wildman–Crippen LogP) is 1.30. The number of imidazole rings is 1. The number of halogens is 1. The maximum absolute atomic E-state index is 10.4. The number of carbonyl (C=O) groups is 1. The third kappa shape index (κ3) is 1.02. The van der Waals surface area contributed by atoms with E-state index in [1.54, 1.807) is 22.9 Å². The van der Waals surface area contributed by atoms with Gasteiger partial charge < -0.3 is 0 Å². The van der Waals surface area contributed by atoms with Gasteiger partial charge in [0, 0.05) is 12.4 Å². The molecule has 0 bridgehead atoms. The lowest BCUT2D eigenvalue weighted by molar-refractivity contribution is 0.111. The van der Waals surface area contributed by atoms with Crippen LogP contribution >= 0.6 is 15.9 Å². The zero-order valence-corrected chi connectivity index (χ0v) is 7.52. The average Bonchev–Trinajstić information content (AvgIpc) is 2.49. The Morgan fingerprint density at radius 3 is 3.08 bits per heavy atom. The highest BCUT2D eigenvalue weighted by molar-refractivity contribution is 9.10. The first-order valence-electron chi connectivity index (χ1n) is 3.26. The number of aldehydes is 1. The Hall–Kier alpha value is -1.23. The van der Waals surface area contributed by atoms with Crippen LogP contribution in [0.5, 0.6) is 0 Å². The molecule has 0 amide bonds. The molecule has 0 aliphatic rings. The van der Waals surface area contributed by atoms with E-state index in [0.29, 0.717) is 22.4 Å². The Kier molecular flexibility index (Phi) is 1.65. The lowest BCUT2D eigenvalue weighted by Gasteiger charge is -1.92. The van der Waals surface area contributed by atoms with Crippen molar-refractivity contribution >= 4 is 27.9 Å². The molecule has 0 N–H and O–H groups in total. The molecule has 4 nitrogen and oxygen atoms in total. The summed E-state index contributed by atoms with van der Waals surface area (Å²) in [7, 11) is 0. The molecule has 0 saturated heterocycles. The van der Waals surface area contributed by atoms with Crippen LogP contribution in [0, 0.1) is 0 Å². The molecule has 0 saturated carbocycles. The van der Waals surface area contributed by atoms with Crippen LogP contribution < -0.4 is 0 Å². The predicted molar refractivity (Wildman–Crippen MR) is 46.1 cm³/mol. The molecular formula is C7H4BrN3O. The van der Waals surface area contributed by atoms with E-state index in [2.05, 4.69) is 25.9 Å². The minimum atomic E-state index is 0.406. The fraction of sp³-hybridized carbons (Fsp3) is 0. The van der Waals surface area contributed by atoms with Gasteiger partial charge in [0.05, 0.1) is 0 Å². The first-order chi connectivity index (χ1) is 5.81. The number of fused-ring (bicyclic) bond motifs is 1. The van der Waals surface area contributed by atoms with E-state index in [1.165, 1.54) is 0 Å². The van der Waals surface area contributed by atoms with Crippen molar-refractivity contribution in [1.82, 2.24) is 14.4 Å². The Bertz CT molecular complexity index is 437. The molecule has 12 heavy (non-hydrogen) atoms. The molecule has 60 valence electrons. The van der Waals surface area contributed by atoms with Crippen LogP contribution in [0.4, 0.5) is 0 Å². The highest BCUT2D eigenvalue weighted by Crippen LogP contribution is 2.09. The Labute approximate surface area is 76.4 Å². The van der Waals surface area contributed by atoms with Gasteiger partial charge in [0.15, 0.2) is 11.0 Å². The van der Waals surface area contributed by atoms with Crippen molar-refractivity contribution < 1.29 is 4.79 Å². The van der Waals surface area contributed by atoms with Crippen molar-refractivity contribution in [3.63, 3.8) is 0 Å². The van der Waals surface area contributed by atoms with E-state index >= 15 is 0 Å². The summed E-state index contributed by atoms with van der Waals surface area (Å²) in [5.41, 5.74) is 1.11. The quantitative estimate of drug-likeness (QED) is 0.543. The monoisotopic (exact) mass is 225 g/mol. The van der Waals surface area contributed by atoms with Crippen LogP contribution in [0.2, 0.25) is 0 Å². The molecule has 0 spiro atoms. The SMILES string of the molecule is O=Cc1cn2c(Br)nccc2n1. The van der Waals surface area contributed by atoms with E-state index in [1.807, 2.05) is 0 Å². The van der Waals surface area contributed by atoms with Crippen molar-refractivity contribution in [2.45, 2.75) is 0 Å². The number of hydrogen-bond acceptors (Lipinski definition) is 3. The molecule has 0 unspecified atom stereocenters. The third-order valence-corrected chi connectivity index (χ3v) is 2.06. The van der Waals surface area contributed by atoms with Crippen LogP contribution in [-0.2, 0) is 0 Å². The van der Waals surface area contributed by atoms with E-state index in [-0.39, 0.29) is 0 Å². The molecule has 5 heteroatoms. The Morgan fingerprint density at radius 1 is 1.58 bits per heavy atom. The molecule has 2 heterocycles. The van der Waals surface area contributed by atoms with Gasteiger partial charge in [0.1, 0.15) is 11.3 Å². The van der Waals surface area contributed by atoms with Gasteiger partial charge in [-0.1, -0.05) is 0 Å². The van der Waals surface area contributed by atoms with Crippen LogP contribution in [0.3, 0.4) is 0 Å². The van der Waals surface area contributed by atoms with Crippen LogP contribution in [0.15, 0.2) is 23.2 Å². The molecule has 2 aromatic rings. The number of rotatable bonds is 1. The summed E-state index contributed by atoms with van der Waals surface area (Å²) in [6, 6.07) is 1.73. The highest BCUT2D eigenvalue weighted by atomic mass is 79.9. The van der Waals surface area contributed by atoms with E-state index in [0.717, 1.165) is 0 Å². The summed E-state index contributed by atoms with van der Waals surface area (Å²) in [6.07, 6.45) is 3.96. The third-order valence-electron chi connectivity index (χ3n) is 1.48. The fourth-order valence-electron chi connectivity index (χ4n) is 0.963. The normalized spacial score (nSPS) is 10.4. The number of nitrogens with zero attached hydrogens (tertiary/aromatic N) is 3. The summed E-state index contributed by atoms with van der Waals surface area (Å²) < 4.78 is 2.34. The molecule has 0 radical (unpaired) electrons. The summed E-state index contributed by atoms with van der Waals surface area (Å²) in [5, 5.41) is 0. The zero-order chi connectivity index (χ0) is 8.55. The van der Waals surface area contributed by atoms with Crippen molar-refractivity contribution in [2.75, 3.05) is 0 Å². The minimum absolute atomic E-state index is 0.406. The van der Waals surface area contributed by atoms with Crippen molar-refractivity contribution in [1.29, 1.82) is 0 Å². The molecule has 0 atom stereocenters. The van der Waals surface area contributed by atoms with Gasteiger partial charge in [-0.25, -0.2) is 9.97 Å². The summed E-state index contributed by atoms with van der Waals surface area (Å²) in [4.78, 5) is 18.4. The van der Waals surface area contributed by atoms with Crippen molar-refractivity contribution in [3.8, 4) is 0 Å².